The van der Waals surface area contributed by atoms with Crippen molar-refractivity contribution in [2.24, 2.45) is 0 Å². The molecule has 0 atom stereocenters. The predicted molar refractivity (Wildman–Crippen MR) is 146 cm³/mol. The molecule has 0 bridgehead atoms. The molecule has 2 saturated heterocycles. The van der Waals surface area contributed by atoms with Crippen LogP contribution in [0.4, 0.5) is 0 Å². The Labute approximate surface area is 228 Å². The first-order valence-electron chi connectivity index (χ1n) is 11.0. The van der Waals surface area contributed by atoms with Gasteiger partial charge in [-0.2, -0.15) is 0 Å². The van der Waals surface area contributed by atoms with Crippen LogP contribution in [-0.4, -0.2) is 108 Å². The van der Waals surface area contributed by atoms with E-state index in [-0.39, 0.29) is 48.9 Å². The van der Waals surface area contributed by atoms with Gasteiger partial charge in [0.15, 0.2) is 0 Å². The summed E-state index contributed by atoms with van der Waals surface area (Å²) in [6.45, 7) is 31.6. The third-order valence-corrected chi connectivity index (χ3v) is 13.7. The van der Waals surface area contributed by atoms with Crippen LogP contribution in [0.5, 0.6) is 0 Å². The zero-order valence-electron chi connectivity index (χ0n) is 22.1. The molecule has 2 aliphatic rings. The van der Waals surface area contributed by atoms with Gasteiger partial charge >= 0.3 is 48.9 Å². The van der Waals surface area contributed by atoms with Crippen molar-refractivity contribution in [1.29, 1.82) is 0 Å². The largest absolute Gasteiger partial charge is 2.00 e. The van der Waals surface area contributed by atoms with Crippen molar-refractivity contribution in [1.82, 2.24) is 0 Å². The van der Waals surface area contributed by atoms with Crippen LogP contribution in [0.3, 0.4) is 0 Å². The van der Waals surface area contributed by atoms with E-state index in [1.165, 1.54) is 25.7 Å². The van der Waals surface area contributed by atoms with E-state index in [1.807, 2.05) is 0 Å². The predicted octanol–water partition coefficient (Wildman–Crippen LogP) is 7.27. The van der Waals surface area contributed by atoms with E-state index in [0.717, 1.165) is 26.4 Å². The molecule has 29 heavy (non-hydrogen) atoms. The fraction of sp³-hybridized carbons (Fsp3) is 1.00. The smallest absolute Gasteiger partial charge is 0.668 e. The van der Waals surface area contributed by atoms with Gasteiger partial charge in [0.25, 0.3) is 0 Å². The molecular weight excluding hydrogens is 550 g/mol. The topological polar surface area (TPSA) is 46.7 Å². The number of rotatable bonds is 4. The summed E-state index contributed by atoms with van der Waals surface area (Å²) in [6.07, 6.45) is 5.11. The molecule has 0 unspecified atom stereocenters. The summed E-state index contributed by atoms with van der Waals surface area (Å²) in [5.74, 6) is 0. The molecule has 0 spiro atoms. The van der Waals surface area contributed by atoms with Crippen LogP contribution < -0.4 is 0 Å². The standard InChI is InChI=1S/2C6H18NSi2.2C4H8O.Ba/c2*1-8(2,3)7-9(4,5)6;2*1-2-4-5-3-1;/h2*1-6H3;2*1-4H2;/q2*-1;;;+2. The van der Waals surface area contributed by atoms with Gasteiger partial charge < -0.3 is 18.8 Å². The Kier molecular flexibility index (Phi) is 21.9. The second-order valence-electron chi connectivity index (χ2n) is 11.5. The van der Waals surface area contributed by atoms with Gasteiger partial charge in [-0.1, -0.05) is 112 Å². The second kappa shape index (κ2) is 17.7. The van der Waals surface area contributed by atoms with Gasteiger partial charge in [-0.05, 0) is 25.7 Å². The summed E-state index contributed by atoms with van der Waals surface area (Å²) in [7, 11) is -4.42. The minimum atomic E-state index is -1.11. The Morgan fingerprint density at radius 2 is 0.586 bits per heavy atom. The quantitative estimate of drug-likeness (QED) is 0.318. The van der Waals surface area contributed by atoms with Crippen molar-refractivity contribution in [3.05, 3.63) is 9.30 Å². The maximum Gasteiger partial charge on any atom is 2.00 e. The molecule has 0 saturated carbocycles. The van der Waals surface area contributed by atoms with E-state index in [0.29, 0.717) is 0 Å². The Balaban J connectivity index is -0.000000316. The van der Waals surface area contributed by atoms with Crippen molar-refractivity contribution in [2.75, 3.05) is 26.4 Å². The Morgan fingerprint density at radius 1 is 0.414 bits per heavy atom. The summed E-state index contributed by atoms with van der Waals surface area (Å²) in [4.78, 5) is 0. The summed E-state index contributed by atoms with van der Waals surface area (Å²) in [5, 5.41) is 0. The second-order valence-corrected chi connectivity index (χ2v) is 30.7. The molecule has 0 N–H and O–H groups in total. The molecule has 9 heteroatoms. The maximum atomic E-state index is 4.94. The molecule has 0 aliphatic carbocycles. The molecule has 172 valence electrons. The fourth-order valence-electron chi connectivity index (χ4n) is 3.03. The minimum absolute atomic E-state index is 0. The molecule has 2 fully saturated rings. The van der Waals surface area contributed by atoms with Crippen LogP contribution in [0.2, 0.25) is 78.6 Å². The summed E-state index contributed by atoms with van der Waals surface area (Å²) < 4.78 is 19.5. The van der Waals surface area contributed by atoms with Crippen molar-refractivity contribution in [2.45, 2.75) is 104 Å². The molecule has 2 heterocycles. The molecule has 0 amide bonds. The molecule has 0 radical (unpaired) electrons. The van der Waals surface area contributed by atoms with Crippen LogP contribution in [0.1, 0.15) is 25.7 Å². The first-order valence-corrected chi connectivity index (χ1v) is 24.8. The van der Waals surface area contributed by atoms with Crippen LogP contribution in [0.15, 0.2) is 0 Å². The van der Waals surface area contributed by atoms with Gasteiger partial charge in [0.05, 0.1) is 0 Å². The number of hydrogen-bond donors (Lipinski definition) is 0. The van der Waals surface area contributed by atoms with Crippen molar-refractivity contribution < 1.29 is 9.47 Å². The van der Waals surface area contributed by atoms with Crippen LogP contribution in [0, 0.1) is 0 Å². The van der Waals surface area contributed by atoms with Gasteiger partial charge in [0.1, 0.15) is 0 Å². The molecule has 0 aromatic rings. The molecule has 2 rings (SSSR count). The normalized spacial score (nSPS) is 17.0. The molecule has 0 aromatic heterocycles. The van der Waals surface area contributed by atoms with E-state index >= 15 is 0 Å². The van der Waals surface area contributed by atoms with Gasteiger partial charge in [-0.25, -0.2) is 0 Å². The fourth-order valence-corrected chi connectivity index (χ4v) is 19.1. The number of nitrogens with zero attached hydrogens (tertiary/aromatic N) is 2. The van der Waals surface area contributed by atoms with E-state index in [2.05, 4.69) is 78.6 Å². The van der Waals surface area contributed by atoms with Gasteiger partial charge in [0.2, 0.25) is 0 Å². The van der Waals surface area contributed by atoms with Crippen molar-refractivity contribution in [3.8, 4) is 0 Å². The minimum Gasteiger partial charge on any atom is -0.668 e. The first-order chi connectivity index (χ1) is 12.4. The summed E-state index contributed by atoms with van der Waals surface area (Å²) in [6, 6.07) is 0. The molecular formula is C20H52BaN2O2Si4. The number of ether oxygens (including phenoxy) is 2. The monoisotopic (exact) mass is 602 g/mol. The van der Waals surface area contributed by atoms with Gasteiger partial charge in [-0.15, -0.1) is 0 Å². The van der Waals surface area contributed by atoms with Crippen LogP contribution in [0.25, 0.3) is 9.30 Å². The third kappa shape index (κ3) is 41.1. The van der Waals surface area contributed by atoms with Crippen molar-refractivity contribution >= 4 is 81.8 Å². The molecule has 0 aromatic carbocycles. The molecule has 4 nitrogen and oxygen atoms in total. The van der Waals surface area contributed by atoms with E-state index in [4.69, 9.17) is 18.8 Å². The third-order valence-electron chi connectivity index (χ3n) is 3.00. The Hall–Kier alpha value is 2.28. The van der Waals surface area contributed by atoms with Crippen molar-refractivity contribution in [3.63, 3.8) is 0 Å². The zero-order valence-corrected chi connectivity index (χ0v) is 30.5. The zero-order chi connectivity index (χ0) is 22.5. The Morgan fingerprint density at radius 3 is 0.621 bits per heavy atom. The van der Waals surface area contributed by atoms with E-state index < -0.39 is 32.9 Å². The van der Waals surface area contributed by atoms with Gasteiger partial charge in [0, 0.05) is 26.4 Å². The average molecular weight is 602 g/mol. The summed E-state index contributed by atoms with van der Waals surface area (Å²) >= 11 is 0. The first kappa shape index (κ1) is 35.9. The SMILES string of the molecule is C1CCOC1.C1CCOC1.C[Si](C)(C)[N-][Si](C)(C)C.C[Si](C)(C)[N-][Si](C)(C)C.[Ba+2]. The maximum absolute atomic E-state index is 4.94. The molecule has 2 aliphatic heterocycles. The van der Waals surface area contributed by atoms with Crippen LogP contribution >= 0.6 is 0 Å². The summed E-state index contributed by atoms with van der Waals surface area (Å²) in [5.41, 5.74) is 0. The van der Waals surface area contributed by atoms with E-state index in [9.17, 15) is 0 Å². The average Bonchev–Trinajstić information content (AvgIpc) is 3.11. The number of hydrogen-bond acceptors (Lipinski definition) is 2. The Bertz CT molecular complexity index is 293. The van der Waals surface area contributed by atoms with E-state index in [1.54, 1.807) is 0 Å². The van der Waals surface area contributed by atoms with Gasteiger partial charge in [-0.3, -0.25) is 0 Å². The van der Waals surface area contributed by atoms with Crippen LogP contribution in [-0.2, 0) is 9.47 Å².